The van der Waals surface area contributed by atoms with E-state index in [1.807, 2.05) is 11.3 Å². The van der Waals surface area contributed by atoms with E-state index >= 15 is 0 Å². The van der Waals surface area contributed by atoms with E-state index in [4.69, 9.17) is 0 Å². The third kappa shape index (κ3) is 9.13. The molecule has 9 aromatic rings. The van der Waals surface area contributed by atoms with Crippen LogP contribution in [0.3, 0.4) is 0 Å². The predicted octanol–water partition coefficient (Wildman–Crippen LogP) is 22.5. The van der Waals surface area contributed by atoms with E-state index in [2.05, 4.69) is 287 Å². The van der Waals surface area contributed by atoms with Crippen LogP contribution in [0.2, 0.25) is 0 Å². The van der Waals surface area contributed by atoms with Gasteiger partial charge in [0.25, 0.3) is 0 Å². The van der Waals surface area contributed by atoms with Crippen molar-refractivity contribution in [2.75, 3.05) is 14.6 Å². The zero-order chi connectivity index (χ0) is 61.8. The maximum Gasteiger partial charge on any atom is 0.333 e. The third-order valence-electron chi connectivity index (χ3n) is 22.5. The van der Waals surface area contributed by atoms with Crippen LogP contribution < -0.4 is 25.5 Å². The van der Waals surface area contributed by atoms with Gasteiger partial charge in [0.15, 0.2) is 0 Å². The molecule has 3 aliphatic carbocycles. The minimum Gasteiger partial charge on any atom is -0.376 e. The number of nitrogens with zero attached hydrogens (tertiary/aromatic N) is 3. The Labute approximate surface area is 526 Å². The van der Waals surface area contributed by atoms with E-state index in [0.717, 1.165) is 29.9 Å². The Morgan fingerprint density at radius 3 is 1.43 bits per heavy atom. The van der Waals surface area contributed by atoms with Gasteiger partial charge in [-0.25, -0.2) is 0 Å². The van der Waals surface area contributed by atoms with E-state index in [0.29, 0.717) is 0 Å². The van der Waals surface area contributed by atoms with Gasteiger partial charge in [-0.05, 0) is 253 Å². The normalized spacial score (nSPS) is 19.0. The summed E-state index contributed by atoms with van der Waals surface area (Å²) in [5.41, 5.74) is 29.9. The molecule has 87 heavy (non-hydrogen) atoms. The molecule has 5 heteroatoms. The van der Waals surface area contributed by atoms with Gasteiger partial charge in [0.05, 0.1) is 0 Å². The molecule has 3 heterocycles. The van der Waals surface area contributed by atoms with Gasteiger partial charge in [-0.2, -0.15) is 0 Å². The van der Waals surface area contributed by atoms with Gasteiger partial charge in [0.2, 0.25) is 0 Å². The van der Waals surface area contributed by atoms with Gasteiger partial charge in [-0.1, -0.05) is 173 Å². The molecular formula is C82H94BN3S. The fourth-order valence-electron chi connectivity index (χ4n) is 16.4. The highest BCUT2D eigenvalue weighted by Crippen LogP contribution is 2.56. The van der Waals surface area contributed by atoms with Crippen molar-refractivity contribution in [3.63, 3.8) is 0 Å². The number of thiophene rings is 1. The van der Waals surface area contributed by atoms with Gasteiger partial charge in [0, 0.05) is 71.2 Å². The molecule has 0 bridgehead atoms. The van der Waals surface area contributed by atoms with Crippen LogP contribution in [0.4, 0.5) is 45.5 Å². The summed E-state index contributed by atoms with van der Waals surface area (Å²) in [6, 6.07) is 54.7. The predicted molar refractivity (Wildman–Crippen MR) is 380 cm³/mol. The smallest absolute Gasteiger partial charge is 0.333 e. The zero-order valence-electron chi connectivity index (χ0n) is 56.3. The van der Waals surface area contributed by atoms with E-state index in [1.165, 1.54) is 152 Å². The lowest BCUT2D eigenvalue weighted by atomic mass is 9.43. The van der Waals surface area contributed by atoms with Crippen molar-refractivity contribution in [1.29, 1.82) is 0 Å². The summed E-state index contributed by atoms with van der Waals surface area (Å²) in [6.07, 6.45) is 7.07. The van der Waals surface area contributed by atoms with Crippen LogP contribution in [0.25, 0.3) is 31.3 Å². The minimum atomic E-state index is -0.135. The minimum absolute atomic E-state index is 0.0198. The number of aryl methyl sites for hydroxylation is 2. The van der Waals surface area contributed by atoms with Crippen LogP contribution in [0.5, 0.6) is 0 Å². The lowest BCUT2D eigenvalue weighted by Crippen LogP contribution is -2.61. The fourth-order valence-corrected chi connectivity index (χ4v) is 17.6. The molecule has 8 aromatic carbocycles. The van der Waals surface area contributed by atoms with Crippen molar-refractivity contribution in [1.82, 2.24) is 0 Å². The monoisotopic (exact) mass is 1160 g/mol. The Morgan fingerprint density at radius 2 is 0.874 bits per heavy atom. The van der Waals surface area contributed by atoms with Gasteiger partial charge >= 0.3 is 6.85 Å². The Balaban J connectivity index is 1.09. The van der Waals surface area contributed by atoms with Gasteiger partial charge < -0.3 is 14.6 Å². The molecule has 14 rings (SSSR count). The van der Waals surface area contributed by atoms with Crippen LogP contribution >= 0.6 is 11.3 Å². The summed E-state index contributed by atoms with van der Waals surface area (Å²) in [5.74, 6) is 0. The number of anilines is 8. The molecule has 0 unspecified atom stereocenters. The molecule has 446 valence electrons. The van der Waals surface area contributed by atoms with Crippen LogP contribution in [-0.2, 0) is 43.3 Å². The van der Waals surface area contributed by atoms with E-state index < -0.39 is 0 Å². The molecule has 0 atom stereocenters. The topological polar surface area (TPSA) is 9.72 Å². The molecule has 0 fully saturated rings. The summed E-state index contributed by atoms with van der Waals surface area (Å²) in [6.45, 7) is 48.3. The molecule has 0 N–H and O–H groups in total. The summed E-state index contributed by atoms with van der Waals surface area (Å²) in [4.78, 5) is 8.05. The molecule has 0 saturated carbocycles. The Kier molecular flexibility index (Phi) is 12.7. The van der Waals surface area contributed by atoms with Crippen molar-refractivity contribution in [2.24, 2.45) is 0 Å². The average Bonchev–Trinajstić information content (AvgIpc) is 1.49. The van der Waals surface area contributed by atoms with Gasteiger partial charge in [0.1, 0.15) is 0 Å². The van der Waals surface area contributed by atoms with Crippen LogP contribution in [0.1, 0.15) is 219 Å². The molecule has 0 radical (unpaired) electrons. The SMILES string of the molecule is Cc1cc2c3c(c1)N(c1cc4c(cc1C)C(C)(C)CCC4(C)C)c1cc4sc5cc6c(cc5c4cc1B3N(c1ccc3c(c1)C(C)(C)CCC3(C)C)c1ccc(N(c3ccc(C(C)(C)C)cc3)c3ccc(C(C)(C)C)cc3)cc1-2)C(C)(C)CCC6(C)C. The molecule has 5 aliphatic rings. The number of fused-ring (bicyclic) bond motifs is 10. The summed E-state index contributed by atoms with van der Waals surface area (Å²) >= 11 is 2.00. The molecule has 3 nitrogen and oxygen atoms in total. The van der Waals surface area contributed by atoms with Crippen LogP contribution in [0, 0.1) is 13.8 Å². The van der Waals surface area contributed by atoms with E-state index in [9.17, 15) is 0 Å². The highest BCUT2D eigenvalue weighted by atomic mass is 32.1. The van der Waals surface area contributed by atoms with Gasteiger partial charge in [-0.15, -0.1) is 11.3 Å². The maximum atomic E-state index is 2.80. The molecular weight excluding hydrogens is 1070 g/mol. The number of benzene rings is 8. The number of hydrogen-bond donors (Lipinski definition) is 0. The number of hydrogen-bond acceptors (Lipinski definition) is 4. The average molecular weight is 1160 g/mol. The Hall–Kier alpha value is -6.56. The Morgan fingerprint density at radius 1 is 0.402 bits per heavy atom. The van der Waals surface area contributed by atoms with E-state index in [-0.39, 0.29) is 50.2 Å². The first-order valence-electron chi connectivity index (χ1n) is 32.9. The molecule has 2 aliphatic heterocycles. The molecule has 0 spiro atoms. The third-order valence-corrected chi connectivity index (χ3v) is 23.6. The molecule has 0 amide bonds. The first kappa shape index (κ1) is 58.1. The maximum absolute atomic E-state index is 2.80. The van der Waals surface area contributed by atoms with Crippen molar-refractivity contribution in [3.05, 3.63) is 189 Å². The second kappa shape index (κ2) is 19.0. The first-order chi connectivity index (χ1) is 40.6. The molecule has 1 aromatic heterocycles. The van der Waals surface area contributed by atoms with E-state index in [1.54, 1.807) is 0 Å². The summed E-state index contributed by atoms with van der Waals surface area (Å²) in [7, 11) is 0. The first-order valence-corrected chi connectivity index (χ1v) is 33.7. The van der Waals surface area contributed by atoms with Gasteiger partial charge in [-0.3, -0.25) is 0 Å². The fraction of sp³-hybridized carbons (Fsp3) is 0.415. The molecule has 0 saturated heterocycles. The zero-order valence-corrected chi connectivity index (χ0v) is 57.1. The highest BCUT2D eigenvalue weighted by Gasteiger charge is 2.48. The summed E-state index contributed by atoms with van der Waals surface area (Å²) in [5, 5.41) is 2.77. The van der Waals surface area contributed by atoms with Crippen molar-refractivity contribution < 1.29 is 0 Å². The quantitative estimate of drug-likeness (QED) is 0.159. The largest absolute Gasteiger partial charge is 0.376 e. The standard InChI is InChI=1S/C82H94BN3S/c1-49-39-60-57-42-55(84(53-25-21-51(22-26-53)75(3,4)5)54-27-23-52(24-28-54)76(6,7)8)30-32-68(57)86(56-29-31-61-63(43-56)79(13,14)34-33-77(61,9)10)83-67-45-59-58-44-64-66(82(19,20)38-36-80(64,15)16)47-72(58)87-73(59)48-70(67)85(71(40-49)74(60)83)69-46-65-62(41-50(69)2)78(11,12)35-37-81(65,17)18/h21-32,39-48H,33-38H2,1-20H3. The Bertz CT molecular complexity index is 4280. The van der Waals surface area contributed by atoms with Crippen molar-refractivity contribution in [3.8, 4) is 11.1 Å². The highest BCUT2D eigenvalue weighted by molar-refractivity contribution is 7.26. The number of rotatable bonds is 5. The second-order valence-electron chi connectivity index (χ2n) is 33.6. The van der Waals surface area contributed by atoms with Crippen molar-refractivity contribution in [2.45, 2.75) is 220 Å². The lowest BCUT2D eigenvalue weighted by molar-refractivity contribution is 0.332. The lowest BCUT2D eigenvalue weighted by Gasteiger charge is -2.48. The van der Waals surface area contributed by atoms with Crippen molar-refractivity contribution >= 4 is 94.8 Å². The second-order valence-corrected chi connectivity index (χ2v) is 34.7. The van der Waals surface area contributed by atoms with Crippen LogP contribution in [0.15, 0.2) is 133 Å². The van der Waals surface area contributed by atoms with Crippen LogP contribution in [-0.4, -0.2) is 6.85 Å². The summed E-state index contributed by atoms with van der Waals surface area (Å²) < 4.78 is 2.76.